The smallest absolute Gasteiger partial charge is 0.262 e. The SMILES string of the molecule is Cl.Cl.O=C(CN1CCN(C(=O)C2CC(F)(F)CN2)CC1)NC1CC1. The van der Waals surface area contributed by atoms with Gasteiger partial charge in [-0.05, 0) is 12.8 Å². The summed E-state index contributed by atoms with van der Waals surface area (Å²) in [7, 11) is 0. The molecule has 2 N–H and O–H groups in total. The molecular formula is C14H24Cl2F2N4O2. The molecule has 1 atom stereocenters. The van der Waals surface area contributed by atoms with E-state index < -0.39 is 24.9 Å². The van der Waals surface area contributed by atoms with Crippen LogP contribution in [0.15, 0.2) is 0 Å². The van der Waals surface area contributed by atoms with Crippen molar-refractivity contribution in [3.63, 3.8) is 0 Å². The lowest BCUT2D eigenvalue weighted by atomic mass is 10.1. The fourth-order valence-corrected chi connectivity index (χ4v) is 2.94. The molecule has 1 aliphatic carbocycles. The van der Waals surface area contributed by atoms with E-state index in [2.05, 4.69) is 10.6 Å². The van der Waals surface area contributed by atoms with Crippen LogP contribution in [0.5, 0.6) is 0 Å². The normalized spacial score (nSPS) is 26.2. The minimum Gasteiger partial charge on any atom is -0.352 e. The molecule has 2 heterocycles. The van der Waals surface area contributed by atoms with Gasteiger partial charge in [0.15, 0.2) is 0 Å². The number of rotatable bonds is 4. The molecule has 140 valence electrons. The first-order valence-electron chi connectivity index (χ1n) is 7.85. The predicted molar refractivity (Wildman–Crippen MR) is 90.0 cm³/mol. The van der Waals surface area contributed by atoms with E-state index in [4.69, 9.17) is 0 Å². The molecule has 24 heavy (non-hydrogen) atoms. The second-order valence-corrected chi connectivity index (χ2v) is 6.44. The third-order valence-electron chi connectivity index (χ3n) is 4.40. The van der Waals surface area contributed by atoms with Gasteiger partial charge in [-0.1, -0.05) is 0 Å². The first-order valence-corrected chi connectivity index (χ1v) is 7.85. The number of alkyl halides is 2. The standard InChI is InChI=1S/C14H22F2N4O2.2ClH/c15-14(16)7-11(17-9-14)13(22)20-5-3-19(4-6-20)8-12(21)18-10-1-2-10;;/h10-11,17H,1-9H2,(H,18,21);2*1H. The van der Waals surface area contributed by atoms with Crippen molar-refractivity contribution >= 4 is 36.6 Å². The number of halogens is 4. The van der Waals surface area contributed by atoms with Crippen LogP contribution in [-0.4, -0.2) is 78.9 Å². The third kappa shape index (κ3) is 5.68. The predicted octanol–water partition coefficient (Wildman–Crippen LogP) is 0.250. The Morgan fingerprint density at radius 3 is 2.25 bits per heavy atom. The minimum atomic E-state index is -2.79. The average Bonchev–Trinajstić information content (AvgIpc) is 3.20. The summed E-state index contributed by atoms with van der Waals surface area (Å²) in [4.78, 5) is 27.6. The van der Waals surface area contributed by atoms with Crippen molar-refractivity contribution in [2.45, 2.75) is 37.3 Å². The Kier molecular flexibility index (Phi) is 7.65. The fraction of sp³-hybridized carbons (Fsp3) is 0.857. The number of carbonyl (C=O) groups is 2. The molecule has 2 amide bonds. The summed E-state index contributed by atoms with van der Waals surface area (Å²) in [5.41, 5.74) is 0. The van der Waals surface area contributed by atoms with Crippen LogP contribution in [0.3, 0.4) is 0 Å². The van der Waals surface area contributed by atoms with Crippen molar-refractivity contribution in [1.29, 1.82) is 0 Å². The number of nitrogens with one attached hydrogen (secondary N) is 2. The lowest BCUT2D eigenvalue weighted by Crippen LogP contribution is -2.54. The van der Waals surface area contributed by atoms with Gasteiger partial charge in [0.1, 0.15) is 0 Å². The van der Waals surface area contributed by atoms with Crippen LogP contribution in [0.25, 0.3) is 0 Å². The molecule has 0 aromatic heterocycles. The first kappa shape index (κ1) is 21.3. The van der Waals surface area contributed by atoms with Crippen LogP contribution in [0.4, 0.5) is 8.78 Å². The van der Waals surface area contributed by atoms with Crippen molar-refractivity contribution in [3.05, 3.63) is 0 Å². The van der Waals surface area contributed by atoms with Crippen LogP contribution in [0, 0.1) is 0 Å². The van der Waals surface area contributed by atoms with Crippen LogP contribution < -0.4 is 10.6 Å². The van der Waals surface area contributed by atoms with Crippen molar-refractivity contribution in [2.24, 2.45) is 0 Å². The molecule has 0 radical (unpaired) electrons. The quantitative estimate of drug-likeness (QED) is 0.724. The molecule has 2 saturated heterocycles. The summed E-state index contributed by atoms with van der Waals surface area (Å²) in [6.45, 7) is 2.10. The summed E-state index contributed by atoms with van der Waals surface area (Å²) < 4.78 is 26.3. The second-order valence-electron chi connectivity index (χ2n) is 6.44. The number of hydrogen-bond donors (Lipinski definition) is 2. The summed E-state index contributed by atoms with van der Waals surface area (Å²) in [6.07, 6.45) is 1.70. The Bertz CT molecular complexity index is 458. The number of hydrogen-bond acceptors (Lipinski definition) is 4. The highest BCUT2D eigenvalue weighted by Gasteiger charge is 2.43. The zero-order chi connectivity index (χ0) is 15.7. The molecule has 3 fully saturated rings. The summed E-state index contributed by atoms with van der Waals surface area (Å²) >= 11 is 0. The second kappa shape index (κ2) is 8.60. The molecule has 0 bridgehead atoms. The molecule has 6 nitrogen and oxygen atoms in total. The van der Waals surface area contributed by atoms with E-state index in [-0.39, 0.29) is 36.6 Å². The number of amides is 2. The number of carbonyl (C=O) groups excluding carboxylic acids is 2. The van der Waals surface area contributed by atoms with E-state index in [1.807, 2.05) is 4.90 Å². The van der Waals surface area contributed by atoms with E-state index in [9.17, 15) is 18.4 Å². The maximum atomic E-state index is 13.2. The maximum Gasteiger partial charge on any atom is 0.262 e. The van der Waals surface area contributed by atoms with E-state index in [0.29, 0.717) is 38.8 Å². The van der Waals surface area contributed by atoms with Gasteiger partial charge in [0.05, 0.1) is 19.1 Å². The monoisotopic (exact) mass is 388 g/mol. The zero-order valence-corrected chi connectivity index (χ0v) is 14.9. The van der Waals surface area contributed by atoms with E-state index in [1.165, 1.54) is 0 Å². The highest BCUT2D eigenvalue weighted by atomic mass is 35.5. The highest BCUT2D eigenvalue weighted by Crippen LogP contribution is 2.26. The first-order chi connectivity index (χ1) is 10.4. The molecule has 3 aliphatic rings. The Labute approximate surface area is 152 Å². The fourth-order valence-electron chi connectivity index (χ4n) is 2.94. The molecule has 3 rings (SSSR count). The zero-order valence-electron chi connectivity index (χ0n) is 13.3. The van der Waals surface area contributed by atoms with Gasteiger partial charge in [0, 0.05) is 38.6 Å². The Morgan fingerprint density at radius 2 is 1.75 bits per heavy atom. The van der Waals surface area contributed by atoms with E-state index in [0.717, 1.165) is 12.8 Å². The van der Waals surface area contributed by atoms with Crippen LogP contribution in [-0.2, 0) is 9.59 Å². The Balaban J connectivity index is 0.00000144. The molecular weight excluding hydrogens is 365 g/mol. The molecule has 10 heteroatoms. The van der Waals surface area contributed by atoms with E-state index >= 15 is 0 Å². The summed E-state index contributed by atoms with van der Waals surface area (Å²) in [6, 6.07) is -0.426. The maximum absolute atomic E-state index is 13.2. The van der Waals surface area contributed by atoms with Crippen molar-refractivity contribution in [3.8, 4) is 0 Å². The van der Waals surface area contributed by atoms with Gasteiger partial charge in [-0.25, -0.2) is 8.78 Å². The lowest BCUT2D eigenvalue weighted by molar-refractivity contribution is -0.135. The van der Waals surface area contributed by atoms with Gasteiger partial charge in [-0.3, -0.25) is 19.8 Å². The lowest BCUT2D eigenvalue weighted by Gasteiger charge is -2.35. The largest absolute Gasteiger partial charge is 0.352 e. The van der Waals surface area contributed by atoms with Gasteiger partial charge in [0.2, 0.25) is 11.8 Å². The third-order valence-corrected chi connectivity index (χ3v) is 4.40. The van der Waals surface area contributed by atoms with Crippen LogP contribution >= 0.6 is 24.8 Å². The Morgan fingerprint density at radius 1 is 1.12 bits per heavy atom. The van der Waals surface area contributed by atoms with Crippen molar-refractivity contribution in [1.82, 2.24) is 20.4 Å². The van der Waals surface area contributed by atoms with Gasteiger partial charge in [-0.15, -0.1) is 24.8 Å². The van der Waals surface area contributed by atoms with Gasteiger partial charge in [-0.2, -0.15) is 0 Å². The number of piperazine rings is 1. The molecule has 0 spiro atoms. The topological polar surface area (TPSA) is 64.7 Å². The van der Waals surface area contributed by atoms with Crippen LogP contribution in [0.1, 0.15) is 19.3 Å². The average molecular weight is 389 g/mol. The van der Waals surface area contributed by atoms with Crippen molar-refractivity contribution < 1.29 is 18.4 Å². The summed E-state index contributed by atoms with van der Waals surface area (Å²) in [5, 5.41) is 5.53. The highest BCUT2D eigenvalue weighted by molar-refractivity contribution is 5.85. The molecule has 0 aromatic rings. The van der Waals surface area contributed by atoms with Gasteiger partial charge < -0.3 is 10.2 Å². The summed E-state index contributed by atoms with van der Waals surface area (Å²) in [5.74, 6) is -3.01. The molecule has 1 saturated carbocycles. The van der Waals surface area contributed by atoms with E-state index in [1.54, 1.807) is 4.90 Å². The number of nitrogens with zero attached hydrogens (tertiary/aromatic N) is 2. The van der Waals surface area contributed by atoms with Crippen LogP contribution in [0.2, 0.25) is 0 Å². The Hall–Kier alpha value is -0.700. The van der Waals surface area contributed by atoms with Gasteiger partial charge in [0.25, 0.3) is 5.92 Å². The molecule has 1 unspecified atom stereocenters. The van der Waals surface area contributed by atoms with Crippen molar-refractivity contribution in [2.75, 3.05) is 39.3 Å². The minimum absolute atomic E-state index is 0. The molecule has 2 aliphatic heterocycles. The molecule has 0 aromatic carbocycles. The van der Waals surface area contributed by atoms with Gasteiger partial charge >= 0.3 is 0 Å².